The Hall–Kier alpha value is -5.58. The summed E-state index contributed by atoms with van der Waals surface area (Å²) in [5.74, 6) is 0.390. The van der Waals surface area contributed by atoms with Crippen LogP contribution in [-0.4, -0.2) is 107 Å². The predicted molar refractivity (Wildman–Crippen MR) is 254 cm³/mol. The van der Waals surface area contributed by atoms with E-state index in [1.165, 1.54) is 15.5 Å². The molecule has 1 N–H and O–H groups in total. The van der Waals surface area contributed by atoms with Gasteiger partial charge < -0.3 is 33.7 Å². The highest BCUT2D eigenvalue weighted by Gasteiger charge is 2.29. The Balaban J connectivity index is 1.20. The number of hydrogen-bond acceptors (Lipinski definition) is 9. The van der Waals surface area contributed by atoms with E-state index in [0.717, 1.165) is 49.9 Å². The summed E-state index contributed by atoms with van der Waals surface area (Å²) in [6.45, 7) is 8.73. The second-order valence-corrected chi connectivity index (χ2v) is 19.7. The number of carboxylic acids is 1. The molecule has 340 valence electrons. The molecule has 1 saturated heterocycles. The number of benzene rings is 4. The molecule has 6 aromatic rings. The molecule has 0 spiro atoms. The van der Waals surface area contributed by atoms with Crippen LogP contribution in [0.25, 0.3) is 32.8 Å². The second-order valence-electron chi connectivity index (χ2n) is 17.1. The summed E-state index contributed by atoms with van der Waals surface area (Å²) in [4.78, 5) is 30.0. The number of fused-ring (bicyclic) bond motifs is 2. The molecule has 0 bridgehead atoms. The zero-order valence-corrected chi connectivity index (χ0v) is 39.7. The lowest BCUT2D eigenvalue weighted by atomic mass is 9.98. The van der Waals surface area contributed by atoms with Crippen molar-refractivity contribution < 1.29 is 37.3 Å². The van der Waals surface area contributed by atoms with Crippen LogP contribution in [0.2, 0.25) is 0 Å². The van der Waals surface area contributed by atoms with Crippen molar-refractivity contribution in [2.45, 2.75) is 64.1 Å². The third-order valence-electron chi connectivity index (χ3n) is 11.5. The van der Waals surface area contributed by atoms with Crippen molar-refractivity contribution in [2.24, 2.45) is 7.05 Å². The highest BCUT2D eigenvalue weighted by atomic mass is 79.9. The van der Waals surface area contributed by atoms with E-state index in [-0.39, 0.29) is 12.3 Å². The molecular formula is C48H57BrN6O8S. The number of carboxylic acid groups (broad SMARTS) is 1. The first-order valence-electron chi connectivity index (χ1n) is 21.5. The van der Waals surface area contributed by atoms with Crippen LogP contribution in [0.4, 0.5) is 10.5 Å². The van der Waals surface area contributed by atoms with Crippen molar-refractivity contribution in [1.82, 2.24) is 23.6 Å². The average Bonchev–Trinajstić information content (AvgIpc) is 3.76. The number of halogens is 1. The van der Waals surface area contributed by atoms with Gasteiger partial charge in [0.15, 0.2) is 0 Å². The summed E-state index contributed by atoms with van der Waals surface area (Å²) in [7, 11) is 0.347. The smallest absolute Gasteiger partial charge is 0.410 e. The van der Waals surface area contributed by atoms with Gasteiger partial charge in [-0.2, -0.15) is 9.40 Å². The minimum absolute atomic E-state index is 0.143. The summed E-state index contributed by atoms with van der Waals surface area (Å²) in [6, 6.07) is 27.8. The van der Waals surface area contributed by atoms with Gasteiger partial charge in [-0.3, -0.25) is 4.68 Å². The van der Waals surface area contributed by atoms with Crippen LogP contribution >= 0.6 is 15.9 Å². The molecule has 0 saturated carbocycles. The lowest BCUT2D eigenvalue weighted by Gasteiger charge is -2.34. The summed E-state index contributed by atoms with van der Waals surface area (Å²) in [5, 5.41) is 19.3. The number of anilines is 1. The van der Waals surface area contributed by atoms with E-state index in [9.17, 15) is 23.1 Å². The Morgan fingerprint density at radius 3 is 2.27 bits per heavy atom. The van der Waals surface area contributed by atoms with E-state index in [1.807, 2.05) is 122 Å². The van der Waals surface area contributed by atoms with Gasteiger partial charge in [-0.05, 0) is 81.3 Å². The highest BCUT2D eigenvalue weighted by molar-refractivity contribution is 9.08. The number of sulfonamides is 1. The molecule has 4 aromatic carbocycles. The molecule has 64 heavy (non-hydrogen) atoms. The van der Waals surface area contributed by atoms with Crippen LogP contribution < -0.4 is 14.4 Å². The molecule has 1 aliphatic heterocycles. The quantitative estimate of drug-likeness (QED) is 0.0695. The summed E-state index contributed by atoms with van der Waals surface area (Å²) in [5.41, 5.74) is 5.26. The Morgan fingerprint density at radius 2 is 1.58 bits per heavy atom. The minimum Gasteiger partial charge on any atom is -0.493 e. The predicted octanol–water partition coefficient (Wildman–Crippen LogP) is 8.72. The van der Waals surface area contributed by atoms with Crippen LogP contribution in [0.3, 0.4) is 0 Å². The number of carbonyl (C=O) groups excluding carboxylic acids is 1. The van der Waals surface area contributed by atoms with Crippen molar-refractivity contribution in [3.8, 4) is 22.6 Å². The number of para-hydroxylation sites is 1. The van der Waals surface area contributed by atoms with E-state index in [4.69, 9.17) is 19.3 Å². The monoisotopic (exact) mass is 956 g/mol. The molecule has 7 rings (SSSR count). The third-order valence-corrected chi connectivity index (χ3v) is 13.3. The third kappa shape index (κ3) is 10.5. The van der Waals surface area contributed by atoms with Gasteiger partial charge in [0, 0.05) is 86.3 Å². The molecule has 0 aliphatic carbocycles. The first-order chi connectivity index (χ1) is 30.5. The Kier molecular flexibility index (Phi) is 14.3. The standard InChI is InChI=1S/C48H57BrN6O8S/c1-48(2,3)63-47(58)51(4)24-12-25-55-44-37(38(45(55)46(56)57)18-11-30-61-42-19-9-14-33-13-7-8-15-36(33)42)16-10-17-39(44)43-40(50-52(5)41(43)31-49)32-62-35-22-20-34(21-23-35)53-26-28-54(29-27-53)64(6,59)60/h7-10,13-17,19-23H,11-12,18,24-32H2,1-6H3,(H,56,57). The average molecular weight is 958 g/mol. The first-order valence-corrected chi connectivity index (χ1v) is 24.5. The lowest BCUT2D eigenvalue weighted by Crippen LogP contribution is -2.48. The van der Waals surface area contributed by atoms with E-state index >= 15 is 0 Å². The van der Waals surface area contributed by atoms with Crippen molar-refractivity contribution in [2.75, 3.05) is 57.5 Å². The molecule has 14 nitrogen and oxygen atoms in total. The normalized spacial score (nSPS) is 13.7. The van der Waals surface area contributed by atoms with Gasteiger partial charge in [-0.15, -0.1) is 0 Å². The van der Waals surface area contributed by atoms with Crippen LogP contribution in [0.5, 0.6) is 11.5 Å². The van der Waals surface area contributed by atoms with E-state index in [2.05, 4.69) is 20.8 Å². The minimum atomic E-state index is -3.23. The van der Waals surface area contributed by atoms with Gasteiger partial charge in [-0.1, -0.05) is 70.5 Å². The van der Waals surface area contributed by atoms with Gasteiger partial charge in [0.2, 0.25) is 10.0 Å². The molecule has 1 aliphatic rings. The highest BCUT2D eigenvalue weighted by Crippen LogP contribution is 2.39. The maximum Gasteiger partial charge on any atom is 0.410 e. The number of aromatic carboxylic acids is 1. The second kappa shape index (κ2) is 19.7. The maximum absolute atomic E-state index is 13.4. The van der Waals surface area contributed by atoms with Crippen molar-refractivity contribution in [3.63, 3.8) is 0 Å². The Morgan fingerprint density at radius 1 is 0.891 bits per heavy atom. The molecule has 0 unspecified atom stereocenters. The Labute approximate surface area is 383 Å². The summed E-state index contributed by atoms with van der Waals surface area (Å²) >= 11 is 3.71. The van der Waals surface area contributed by atoms with Crippen molar-refractivity contribution >= 4 is 65.4 Å². The van der Waals surface area contributed by atoms with Gasteiger partial charge >= 0.3 is 12.1 Å². The lowest BCUT2D eigenvalue weighted by molar-refractivity contribution is 0.0294. The fourth-order valence-electron chi connectivity index (χ4n) is 8.42. The van der Waals surface area contributed by atoms with Crippen LogP contribution in [0.15, 0.2) is 84.9 Å². The van der Waals surface area contributed by atoms with Gasteiger partial charge in [0.25, 0.3) is 0 Å². The SMILES string of the molecule is CN(CCCn1c(C(=O)O)c(CCCOc2cccc3ccccc23)c2cccc(-c3c(COc4ccc(N5CCN(S(C)(=O)=O)CC5)cc4)nn(C)c3CBr)c21)C(=O)OC(C)(C)C. The Bertz CT molecular complexity index is 2730. The zero-order valence-electron chi connectivity index (χ0n) is 37.3. The molecule has 1 amide bonds. The maximum atomic E-state index is 13.4. The fraction of sp³-hybridized carbons (Fsp3) is 0.396. The van der Waals surface area contributed by atoms with E-state index in [1.54, 1.807) is 7.05 Å². The van der Waals surface area contributed by atoms with Gasteiger partial charge in [0.05, 0.1) is 24.1 Å². The number of hydrogen-bond donors (Lipinski definition) is 1. The van der Waals surface area contributed by atoms with E-state index < -0.39 is 27.7 Å². The fourth-order valence-corrected chi connectivity index (χ4v) is 9.89. The molecule has 0 radical (unpaired) electrons. The van der Waals surface area contributed by atoms with Gasteiger partial charge in [0.1, 0.15) is 35.1 Å². The van der Waals surface area contributed by atoms with Crippen molar-refractivity contribution in [1.29, 1.82) is 0 Å². The molecule has 1 fully saturated rings. The number of aryl methyl sites for hydroxylation is 3. The summed E-state index contributed by atoms with van der Waals surface area (Å²) in [6.07, 6.45) is 2.29. The number of nitrogens with zero attached hydrogens (tertiary/aromatic N) is 6. The van der Waals surface area contributed by atoms with Crippen LogP contribution in [-0.2, 0) is 46.7 Å². The van der Waals surface area contributed by atoms with Gasteiger partial charge in [-0.25, -0.2) is 18.0 Å². The van der Waals surface area contributed by atoms with Crippen LogP contribution in [0.1, 0.15) is 61.1 Å². The topological polar surface area (TPSA) is 149 Å². The largest absolute Gasteiger partial charge is 0.493 e. The number of carbonyl (C=O) groups is 2. The molecule has 2 aromatic heterocycles. The molecular weight excluding hydrogens is 901 g/mol. The zero-order chi connectivity index (χ0) is 45.8. The number of rotatable bonds is 17. The molecule has 16 heteroatoms. The van der Waals surface area contributed by atoms with E-state index in [0.29, 0.717) is 87.5 Å². The molecule has 3 heterocycles. The summed E-state index contributed by atoms with van der Waals surface area (Å²) < 4.78 is 47.6. The first kappa shape index (κ1) is 46.4. The number of alkyl halides is 1. The molecule has 0 atom stereocenters. The van der Waals surface area contributed by atoms with Crippen LogP contribution in [0, 0.1) is 0 Å². The number of piperazine rings is 1. The number of aromatic nitrogens is 3. The van der Waals surface area contributed by atoms with Crippen molar-refractivity contribution in [3.05, 3.63) is 108 Å². The number of amides is 1. The number of ether oxygens (including phenoxy) is 3.